The minimum atomic E-state index is -0.0348. The van der Waals surface area contributed by atoms with Crippen LogP contribution in [0.25, 0.3) is 11.5 Å². The molecule has 0 saturated carbocycles. The predicted molar refractivity (Wildman–Crippen MR) is 91.3 cm³/mol. The normalized spacial score (nSPS) is 13.2. The minimum Gasteiger partial charge on any atom is -0.484 e. The Kier molecular flexibility index (Phi) is 3.93. The lowest BCUT2D eigenvalue weighted by molar-refractivity contribution is 0.0946. The average Bonchev–Trinajstić information content (AvgIpc) is 3.10. The van der Waals surface area contributed by atoms with Gasteiger partial charge in [0.25, 0.3) is 11.8 Å². The van der Waals surface area contributed by atoms with E-state index in [9.17, 15) is 4.79 Å². The van der Waals surface area contributed by atoms with E-state index in [2.05, 4.69) is 15.5 Å². The van der Waals surface area contributed by atoms with Crippen molar-refractivity contribution in [3.63, 3.8) is 0 Å². The lowest BCUT2D eigenvalue weighted by Gasteiger charge is -2.17. The van der Waals surface area contributed by atoms with E-state index < -0.39 is 0 Å². The van der Waals surface area contributed by atoms with Crippen LogP contribution in [-0.4, -0.2) is 22.6 Å². The summed E-state index contributed by atoms with van der Waals surface area (Å²) in [7, 11) is 0. The maximum atomic E-state index is 11.7. The van der Waals surface area contributed by atoms with Crippen molar-refractivity contribution >= 4 is 5.91 Å². The molecule has 0 atom stereocenters. The van der Waals surface area contributed by atoms with Crippen LogP contribution in [-0.2, 0) is 13.0 Å². The smallest absolute Gasteiger partial charge is 0.254 e. The third-order valence-electron chi connectivity index (χ3n) is 4.13. The van der Waals surface area contributed by atoms with Crippen LogP contribution in [0.5, 0.6) is 5.75 Å². The molecule has 6 heteroatoms. The summed E-state index contributed by atoms with van der Waals surface area (Å²) in [6, 6.07) is 13.3. The molecule has 0 bridgehead atoms. The second-order valence-electron chi connectivity index (χ2n) is 5.98. The molecule has 3 aromatic rings. The Morgan fingerprint density at radius 1 is 1.16 bits per heavy atom. The van der Waals surface area contributed by atoms with E-state index >= 15 is 0 Å². The van der Waals surface area contributed by atoms with Crippen LogP contribution in [0.15, 0.2) is 46.9 Å². The van der Waals surface area contributed by atoms with Crippen LogP contribution >= 0.6 is 0 Å². The van der Waals surface area contributed by atoms with E-state index in [4.69, 9.17) is 9.15 Å². The number of carbonyl (C=O) groups is 1. The summed E-state index contributed by atoms with van der Waals surface area (Å²) >= 11 is 0. The van der Waals surface area contributed by atoms with Gasteiger partial charge < -0.3 is 14.5 Å². The Morgan fingerprint density at radius 2 is 2.00 bits per heavy atom. The molecule has 2 aromatic carbocycles. The van der Waals surface area contributed by atoms with E-state index in [1.165, 1.54) is 5.56 Å². The number of benzene rings is 2. The first-order chi connectivity index (χ1) is 12.2. The van der Waals surface area contributed by atoms with Crippen molar-refractivity contribution in [2.45, 2.75) is 20.0 Å². The van der Waals surface area contributed by atoms with Crippen LogP contribution in [0, 0.1) is 6.92 Å². The first kappa shape index (κ1) is 15.4. The molecule has 1 aromatic heterocycles. The second-order valence-corrected chi connectivity index (χ2v) is 5.98. The number of aryl methyl sites for hydroxylation is 1. The molecule has 1 amide bonds. The highest BCUT2D eigenvalue weighted by molar-refractivity contribution is 5.96. The van der Waals surface area contributed by atoms with Gasteiger partial charge in [0.05, 0.1) is 0 Å². The Balaban J connectivity index is 1.45. The summed E-state index contributed by atoms with van der Waals surface area (Å²) < 4.78 is 11.4. The molecule has 0 unspecified atom stereocenters. The third-order valence-corrected chi connectivity index (χ3v) is 4.13. The zero-order chi connectivity index (χ0) is 17.2. The molecule has 1 aliphatic rings. The molecule has 0 radical (unpaired) electrons. The van der Waals surface area contributed by atoms with Gasteiger partial charge in [-0.25, -0.2) is 0 Å². The maximum Gasteiger partial charge on any atom is 0.254 e. The number of hydrogen-bond donors (Lipinski definition) is 1. The monoisotopic (exact) mass is 335 g/mol. The number of nitrogens with zero attached hydrogens (tertiary/aromatic N) is 2. The summed E-state index contributed by atoms with van der Waals surface area (Å²) in [5, 5.41) is 10.9. The summed E-state index contributed by atoms with van der Waals surface area (Å²) in [6.45, 7) is 2.86. The average molecular weight is 335 g/mol. The molecule has 1 aliphatic heterocycles. The minimum absolute atomic E-state index is 0.0348. The van der Waals surface area contributed by atoms with Gasteiger partial charge in [0.15, 0.2) is 6.61 Å². The quantitative estimate of drug-likeness (QED) is 0.793. The molecule has 4 rings (SSSR count). The highest BCUT2D eigenvalue weighted by Gasteiger charge is 2.17. The van der Waals surface area contributed by atoms with Gasteiger partial charge in [-0.2, -0.15) is 0 Å². The van der Waals surface area contributed by atoms with Gasteiger partial charge in [-0.3, -0.25) is 4.79 Å². The van der Waals surface area contributed by atoms with Crippen molar-refractivity contribution in [3.05, 3.63) is 65.0 Å². The molecule has 126 valence electrons. The van der Waals surface area contributed by atoms with Crippen LogP contribution in [0.4, 0.5) is 0 Å². The SMILES string of the molecule is Cc1ccc(-c2nnc(COc3ccc4c(c3)CCNC4=O)o2)cc1. The first-order valence-corrected chi connectivity index (χ1v) is 8.12. The fourth-order valence-electron chi connectivity index (χ4n) is 2.76. The summed E-state index contributed by atoms with van der Waals surface area (Å²) in [5.41, 5.74) is 3.75. The zero-order valence-electron chi connectivity index (χ0n) is 13.8. The summed E-state index contributed by atoms with van der Waals surface area (Å²) in [5.74, 6) is 1.53. The van der Waals surface area contributed by atoms with Crippen molar-refractivity contribution in [1.29, 1.82) is 0 Å². The Morgan fingerprint density at radius 3 is 2.84 bits per heavy atom. The first-order valence-electron chi connectivity index (χ1n) is 8.12. The highest BCUT2D eigenvalue weighted by atomic mass is 16.5. The number of aromatic nitrogens is 2. The molecule has 25 heavy (non-hydrogen) atoms. The van der Waals surface area contributed by atoms with Crippen LogP contribution in [0.1, 0.15) is 27.4 Å². The molecule has 1 N–H and O–H groups in total. The maximum absolute atomic E-state index is 11.7. The van der Waals surface area contributed by atoms with E-state index in [1.54, 1.807) is 12.1 Å². The van der Waals surface area contributed by atoms with Crippen LogP contribution < -0.4 is 10.1 Å². The van der Waals surface area contributed by atoms with Crippen molar-refractivity contribution < 1.29 is 13.9 Å². The third kappa shape index (κ3) is 3.24. The lowest BCUT2D eigenvalue weighted by atomic mass is 10.0. The van der Waals surface area contributed by atoms with Crippen molar-refractivity contribution in [3.8, 4) is 17.2 Å². The predicted octanol–water partition coefficient (Wildman–Crippen LogP) is 2.91. The molecular formula is C19H17N3O3. The van der Waals surface area contributed by atoms with Gasteiger partial charge in [-0.05, 0) is 49.2 Å². The molecule has 0 spiro atoms. The topological polar surface area (TPSA) is 77.3 Å². The van der Waals surface area contributed by atoms with Gasteiger partial charge in [0.2, 0.25) is 5.89 Å². The van der Waals surface area contributed by atoms with Gasteiger partial charge >= 0.3 is 0 Å². The molecule has 2 heterocycles. The number of amides is 1. The molecule has 0 saturated heterocycles. The van der Waals surface area contributed by atoms with Gasteiger partial charge in [0, 0.05) is 17.7 Å². The van der Waals surface area contributed by atoms with Crippen LogP contribution in [0.2, 0.25) is 0 Å². The van der Waals surface area contributed by atoms with Crippen LogP contribution in [0.3, 0.4) is 0 Å². The standard InChI is InChI=1S/C19H17N3O3/c1-12-2-4-13(5-3-12)19-22-21-17(25-19)11-24-15-6-7-16-14(10-15)8-9-20-18(16)23/h2-7,10H,8-9,11H2,1H3,(H,20,23). The van der Waals surface area contributed by atoms with Crippen molar-refractivity contribution in [2.75, 3.05) is 6.54 Å². The number of carbonyl (C=O) groups excluding carboxylic acids is 1. The molecule has 0 fully saturated rings. The Hall–Kier alpha value is -3.15. The molecule has 0 aliphatic carbocycles. The summed E-state index contributed by atoms with van der Waals surface area (Å²) in [6.07, 6.45) is 0.802. The second kappa shape index (κ2) is 6.39. The van der Waals surface area contributed by atoms with Crippen molar-refractivity contribution in [2.24, 2.45) is 0 Å². The largest absolute Gasteiger partial charge is 0.484 e. The van der Waals surface area contributed by atoms with E-state index in [1.807, 2.05) is 37.3 Å². The van der Waals surface area contributed by atoms with E-state index in [-0.39, 0.29) is 12.5 Å². The number of hydrogen-bond acceptors (Lipinski definition) is 5. The van der Waals surface area contributed by atoms with Gasteiger partial charge in [-0.15, -0.1) is 10.2 Å². The number of fused-ring (bicyclic) bond motifs is 1. The fraction of sp³-hybridized carbons (Fsp3) is 0.211. The number of rotatable bonds is 4. The fourth-order valence-corrected chi connectivity index (χ4v) is 2.76. The summed E-state index contributed by atoms with van der Waals surface area (Å²) in [4.78, 5) is 11.7. The molecular weight excluding hydrogens is 318 g/mol. The van der Waals surface area contributed by atoms with Gasteiger partial charge in [0.1, 0.15) is 5.75 Å². The molecule has 6 nitrogen and oxygen atoms in total. The van der Waals surface area contributed by atoms with Crippen molar-refractivity contribution in [1.82, 2.24) is 15.5 Å². The number of ether oxygens (including phenoxy) is 1. The number of nitrogens with one attached hydrogen (secondary N) is 1. The highest BCUT2D eigenvalue weighted by Crippen LogP contribution is 2.22. The van der Waals surface area contributed by atoms with E-state index in [0.29, 0.717) is 29.6 Å². The lowest BCUT2D eigenvalue weighted by Crippen LogP contribution is -2.31. The van der Waals surface area contributed by atoms with E-state index in [0.717, 1.165) is 17.5 Å². The zero-order valence-corrected chi connectivity index (χ0v) is 13.8. The Labute approximate surface area is 144 Å². The van der Waals surface area contributed by atoms with Gasteiger partial charge in [-0.1, -0.05) is 17.7 Å². The Bertz CT molecular complexity index is 916.